The van der Waals surface area contributed by atoms with Gasteiger partial charge in [0.25, 0.3) is 5.91 Å². The second-order valence-electron chi connectivity index (χ2n) is 5.12. The van der Waals surface area contributed by atoms with Crippen molar-refractivity contribution in [1.82, 2.24) is 10.2 Å². The first-order valence-corrected chi connectivity index (χ1v) is 6.92. The van der Waals surface area contributed by atoms with E-state index in [1.807, 2.05) is 27.9 Å². The zero-order valence-electron chi connectivity index (χ0n) is 12.8. The van der Waals surface area contributed by atoms with Gasteiger partial charge in [0.2, 0.25) is 0 Å². The predicted molar refractivity (Wildman–Crippen MR) is 82.1 cm³/mol. The number of nitrogens with two attached hydrogens (primary N) is 1. The molecule has 20 heavy (non-hydrogen) atoms. The second kappa shape index (κ2) is 7.75. The van der Waals surface area contributed by atoms with Crippen molar-refractivity contribution in [2.45, 2.75) is 26.3 Å². The van der Waals surface area contributed by atoms with Crippen LogP contribution in [0.5, 0.6) is 5.75 Å². The minimum absolute atomic E-state index is 0.0980. The number of amides is 1. The Labute approximate surface area is 121 Å². The summed E-state index contributed by atoms with van der Waals surface area (Å²) in [5, 5.41) is 2.98. The van der Waals surface area contributed by atoms with Crippen LogP contribution in [0.4, 0.5) is 5.69 Å². The van der Waals surface area contributed by atoms with Crippen molar-refractivity contribution in [3.63, 3.8) is 0 Å². The van der Waals surface area contributed by atoms with Crippen LogP contribution < -0.4 is 15.8 Å². The quantitative estimate of drug-likeness (QED) is 0.746. The van der Waals surface area contributed by atoms with Crippen molar-refractivity contribution in [1.29, 1.82) is 0 Å². The van der Waals surface area contributed by atoms with E-state index in [9.17, 15) is 4.79 Å². The molecule has 3 N–H and O–H groups in total. The minimum atomic E-state index is -0.146. The van der Waals surface area contributed by atoms with Crippen molar-refractivity contribution in [3.05, 3.63) is 23.8 Å². The molecule has 0 aromatic heterocycles. The number of benzene rings is 1. The summed E-state index contributed by atoms with van der Waals surface area (Å²) in [6, 6.07) is 5.32. The molecule has 1 amide bonds. The molecule has 0 aliphatic carbocycles. The van der Waals surface area contributed by atoms with Crippen molar-refractivity contribution < 1.29 is 9.53 Å². The molecule has 5 heteroatoms. The van der Waals surface area contributed by atoms with Gasteiger partial charge in [0.1, 0.15) is 0 Å². The van der Waals surface area contributed by atoms with E-state index in [1.165, 1.54) is 0 Å². The molecule has 0 fully saturated rings. The molecular formula is C15H25N3O2. The lowest BCUT2D eigenvalue weighted by Gasteiger charge is -2.18. The Morgan fingerprint density at radius 3 is 2.75 bits per heavy atom. The minimum Gasteiger partial charge on any atom is -0.491 e. The molecule has 1 rings (SSSR count). The molecule has 0 aliphatic heterocycles. The summed E-state index contributed by atoms with van der Waals surface area (Å²) in [4.78, 5) is 14.4. The number of hydrogen-bond donors (Lipinski definition) is 2. The molecule has 1 atom stereocenters. The van der Waals surface area contributed by atoms with Crippen LogP contribution in [0.3, 0.4) is 0 Å². The maximum Gasteiger partial charge on any atom is 0.255 e. The summed E-state index contributed by atoms with van der Waals surface area (Å²) in [6.45, 7) is 5.27. The average molecular weight is 279 g/mol. The van der Waals surface area contributed by atoms with Gasteiger partial charge in [0, 0.05) is 6.04 Å². The van der Waals surface area contributed by atoms with Gasteiger partial charge in [0.05, 0.1) is 17.9 Å². The Morgan fingerprint density at radius 2 is 2.15 bits per heavy atom. The van der Waals surface area contributed by atoms with Crippen LogP contribution in [-0.4, -0.2) is 44.1 Å². The number of para-hydroxylation sites is 1. The molecule has 1 aromatic carbocycles. The highest BCUT2D eigenvalue weighted by Crippen LogP contribution is 2.26. The number of rotatable bonds is 7. The third kappa shape index (κ3) is 4.74. The Morgan fingerprint density at radius 1 is 1.45 bits per heavy atom. The molecule has 0 radical (unpaired) electrons. The Bertz CT molecular complexity index is 447. The third-order valence-corrected chi connectivity index (χ3v) is 2.97. The first kappa shape index (κ1) is 16.3. The number of nitrogens with zero attached hydrogens (tertiary/aromatic N) is 1. The summed E-state index contributed by atoms with van der Waals surface area (Å²) >= 11 is 0. The molecule has 1 aromatic rings. The normalized spacial score (nSPS) is 12.2. The van der Waals surface area contributed by atoms with Crippen LogP contribution in [0, 0.1) is 0 Å². The van der Waals surface area contributed by atoms with Crippen LogP contribution in [0.15, 0.2) is 18.2 Å². The molecule has 0 heterocycles. The number of carbonyl (C=O) groups excluding carboxylic acids is 1. The molecule has 0 spiro atoms. The predicted octanol–water partition coefficient (Wildman–Crippen LogP) is 1.74. The fourth-order valence-electron chi connectivity index (χ4n) is 1.86. The molecule has 0 saturated carbocycles. The molecule has 5 nitrogen and oxygen atoms in total. The van der Waals surface area contributed by atoms with Gasteiger partial charge in [-0.3, -0.25) is 4.79 Å². The van der Waals surface area contributed by atoms with Gasteiger partial charge in [-0.1, -0.05) is 6.07 Å². The monoisotopic (exact) mass is 279 g/mol. The van der Waals surface area contributed by atoms with Crippen molar-refractivity contribution >= 4 is 11.6 Å². The zero-order valence-corrected chi connectivity index (χ0v) is 12.8. The summed E-state index contributed by atoms with van der Waals surface area (Å²) in [5.74, 6) is 0.319. The average Bonchev–Trinajstić information content (AvgIpc) is 2.38. The Kier molecular flexibility index (Phi) is 6.31. The van der Waals surface area contributed by atoms with Crippen LogP contribution in [0.25, 0.3) is 0 Å². The highest BCUT2D eigenvalue weighted by Gasteiger charge is 2.16. The maximum atomic E-state index is 12.3. The second-order valence-corrected chi connectivity index (χ2v) is 5.12. The van der Waals surface area contributed by atoms with Gasteiger partial charge in [-0.2, -0.15) is 0 Å². The first-order valence-electron chi connectivity index (χ1n) is 6.92. The SMILES string of the molecule is CCOc1c(N)cccc1C(=O)NC(C)CCN(C)C. The van der Waals surface area contributed by atoms with Crippen molar-refractivity contribution in [3.8, 4) is 5.75 Å². The number of ether oxygens (including phenoxy) is 1. The van der Waals surface area contributed by atoms with E-state index >= 15 is 0 Å². The number of hydrogen-bond acceptors (Lipinski definition) is 4. The fraction of sp³-hybridized carbons (Fsp3) is 0.533. The van der Waals surface area contributed by atoms with Gasteiger partial charge >= 0.3 is 0 Å². The Hall–Kier alpha value is -1.75. The third-order valence-electron chi connectivity index (χ3n) is 2.97. The largest absolute Gasteiger partial charge is 0.491 e. The van der Waals surface area contributed by atoms with E-state index < -0.39 is 0 Å². The number of nitrogen functional groups attached to an aromatic ring is 1. The molecule has 0 bridgehead atoms. The number of nitrogens with one attached hydrogen (secondary N) is 1. The van der Waals surface area contributed by atoms with Crippen LogP contribution >= 0.6 is 0 Å². The number of carbonyl (C=O) groups is 1. The summed E-state index contributed by atoms with van der Waals surface area (Å²) in [6.07, 6.45) is 0.894. The van der Waals surface area contributed by atoms with Crippen molar-refractivity contribution in [2.24, 2.45) is 0 Å². The summed E-state index contributed by atoms with van der Waals surface area (Å²) in [7, 11) is 4.03. The standard InChI is InChI=1S/C15H25N3O2/c1-5-20-14-12(7-6-8-13(14)16)15(19)17-11(2)9-10-18(3)4/h6-8,11H,5,9-10,16H2,1-4H3,(H,17,19). The van der Waals surface area contributed by atoms with Crippen LogP contribution in [0.2, 0.25) is 0 Å². The van der Waals surface area contributed by atoms with E-state index in [-0.39, 0.29) is 11.9 Å². The van der Waals surface area contributed by atoms with Gasteiger partial charge < -0.3 is 20.7 Å². The van der Waals surface area contributed by atoms with Gasteiger partial charge in [-0.15, -0.1) is 0 Å². The lowest BCUT2D eigenvalue weighted by molar-refractivity contribution is 0.0933. The Balaban J connectivity index is 2.74. The maximum absolute atomic E-state index is 12.3. The first-order chi connectivity index (χ1) is 9.45. The van der Waals surface area contributed by atoms with E-state index in [2.05, 4.69) is 10.2 Å². The highest BCUT2D eigenvalue weighted by molar-refractivity contribution is 5.98. The molecular weight excluding hydrogens is 254 g/mol. The summed E-state index contributed by atoms with van der Waals surface area (Å²) < 4.78 is 5.47. The van der Waals surface area contributed by atoms with Crippen LogP contribution in [-0.2, 0) is 0 Å². The lowest BCUT2D eigenvalue weighted by Crippen LogP contribution is -2.35. The number of anilines is 1. The van der Waals surface area contributed by atoms with Gasteiger partial charge in [-0.05, 0) is 53.0 Å². The lowest BCUT2D eigenvalue weighted by atomic mass is 10.1. The molecule has 112 valence electrons. The summed E-state index contributed by atoms with van der Waals surface area (Å²) in [5.41, 5.74) is 6.84. The van der Waals surface area contributed by atoms with E-state index in [0.717, 1.165) is 13.0 Å². The van der Waals surface area contributed by atoms with E-state index in [0.29, 0.717) is 23.6 Å². The van der Waals surface area contributed by atoms with Gasteiger partial charge in [0.15, 0.2) is 5.75 Å². The van der Waals surface area contributed by atoms with Crippen molar-refractivity contribution in [2.75, 3.05) is 33.0 Å². The van der Waals surface area contributed by atoms with Crippen LogP contribution in [0.1, 0.15) is 30.6 Å². The molecule has 0 aliphatic rings. The highest BCUT2D eigenvalue weighted by atomic mass is 16.5. The topological polar surface area (TPSA) is 67.6 Å². The smallest absolute Gasteiger partial charge is 0.255 e. The zero-order chi connectivity index (χ0) is 15.1. The fourth-order valence-corrected chi connectivity index (χ4v) is 1.86. The molecule has 0 saturated heterocycles. The molecule has 1 unspecified atom stereocenters. The van der Waals surface area contributed by atoms with Gasteiger partial charge in [-0.25, -0.2) is 0 Å². The van der Waals surface area contributed by atoms with E-state index in [4.69, 9.17) is 10.5 Å². The van der Waals surface area contributed by atoms with E-state index in [1.54, 1.807) is 18.2 Å².